The first kappa shape index (κ1) is 23.5. The Balaban J connectivity index is 2.43. The van der Waals surface area contributed by atoms with Gasteiger partial charge in [-0.1, -0.05) is 34.6 Å². The van der Waals surface area contributed by atoms with E-state index < -0.39 is 17.6 Å². The maximum Gasteiger partial charge on any atom is 0.323 e. The van der Waals surface area contributed by atoms with Gasteiger partial charge in [0.25, 0.3) is 0 Å². The van der Waals surface area contributed by atoms with Gasteiger partial charge in [0.15, 0.2) is 11.9 Å². The number of carboxylic acids is 1. The Morgan fingerprint density at radius 1 is 1.13 bits per heavy atom. The van der Waals surface area contributed by atoms with E-state index in [1.54, 1.807) is 43.9 Å². The predicted molar refractivity (Wildman–Crippen MR) is 116 cm³/mol. The third-order valence-corrected chi connectivity index (χ3v) is 5.03. The molecular formula is C22H33N3O5. The highest BCUT2D eigenvalue weighted by molar-refractivity contribution is 6.02. The molecule has 1 heterocycles. The number of rotatable bonds is 9. The molecule has 0 radical (unpaired) electrons. The van der Waals surface area contributed by atoms with Gasteiger partial charge in [0.1, 0.15) is 12.3 Å². The monoisotopic (exact) mass is 419 g/mol. The maximum absolute atomic E-state index is 13.3. The summed E-state index contributed by atoms with van der Waals surface area (Å²) in [6.07, 6.45) is -0.0336. The topological polar surface area (TPSA) is 99.2 Å². The molecule has 1 amide bonds. The van der Waals surface area contributed by atoms with Crippen LogP contribution in [0.1, 0.15) is 41.0 Å². The molecule has 1 aliphatic rings. The summed E-state index contributed by atoms with van der Waals surface area (Å²) in [6.45, 7) is 9.68. The van der Waals surface area contributed by atoms with Gasteiger partial charge in [0, 0.05) is 18.0 Å². The molecule has 8 heteroatoms. The van der Waals surface area contributed by atoms with Crippen molar-refractivity contribution in [3.05, 3.63) is 18.2 Å². The quantitative estimate of drug-likeness (QED) is 0.634. The van der Waals surface area contributed by atoms with Crippen molar-refractivity contribution in [2.75, 3.05) is 36.5 Å². The van der Waals surface area contributed by atoms with Gasteiger partial charge in [-0.05, 0) is 24.5 Å². The second-order valence-corrected chi connectivity index (χ2v) is 9.02. The Labute approximate surface area is 178 Å². The van der Waals surface area contributed by atoms with Crippen molar-refractivity contribution in [2.45, 2.75) is 47.2 Å². The lowest BCUT2D eigenvalue weighted by Crippen LogP contribution is -2.56. The van der Waals surface area contributed by atoms with Crippen LogP contribution in [0.15, 0.2) is 18.2 Å². The fourth-order valence-corrected chi connectivity index (χ4v) is 3.41. The molecule has 0 saturated heterocycles. The number of hydrogen-bond acceptors (Lipinski definition) is 6. The minimum atomic E-state index is -1.06. The molecule has 0 aromatic heterocycles. The van der Waals surface area contributed by atoms with Crippen molar-refractivity contribution >= 4 is 29.0 Å². The highest BCUT2D eigenvalue weighted by atomic mass is 16.5. The van der Waals surface area contributed by atoms with Crippen LogP contribution in [0, 0.1) is 11.3 Å². The van der Waals surface area contributed by atoms with Crippen molar-refractivity contribution in [3.8, 4) is 5.75 Å². The Hall–Kier alpha value is -2.77. The van der Waals surface area contributed by atoms with E-state index in [1.165, 1.54) is 12.0 Å². The number of nitrogens with one attached hydrogen (secondary N) is 1. The van der Waals surface area contributed by atoms with E-state index in [1.807, 2.05) is 0 Å². The molecule has 1 atom stereocenters. The molecule has 30 heavy (non-hydrogen) atoms. The van der Waals surface area contributed by atoms with Crippen LogP contribution in [-0.4, -0.2) is 55.7 Å². The van der Waals surface area contributed by atoms with Gasteiger partial charge in [-0.2, -0.15) is 0 Å². The molecule has 2 rings (SSSR count). The Morgan fingerprint density at radius 2 is 1.77 bits per heavy atom. The molecular weight excluding hydrogens is 386 g/mol. The lowest BCUT2D eigenvalue weighted by molar-refractivity contribution is -0.135. The molecule has 0 bridgehead atoms. The Kier molecular flexibility index (Phi) is 7.34. The van der Waals surface area contributed by atoms with Gasteiger partial charge in [-0.25, -0.2) is 0 Å². The maximum atomic E-state index is 13.3. The number of ketones is 1. The SMILES string of the molecule is COc1ccc2c(c1)N(CC(=O)O)C(C(=O)C(C)(C)C)N2CC(=O)NCCC(C)C. The average Bonchev–Trinajstić information content (AvgIpc) is 2.91. The minimum Gasteiger partial charge on any atom is -0.497 e. The number of carbonyl (C=O) groups is 3. The largest absolute Gasteiger partial charge is 0.497 e. The number of amides is 1. The summed E-state index contributed by atoms with van der Waals surface area (Å²) < 4.78 is 5.29. The zero-order valence-corrected chi connectivity index (χ0v) is 18.7. The summed E-state index contributed by atoms with van der Waals surface area (Å²) in [5, 5.41) is 12.4. The molecule has 0 fully saturated rings. The van der Waals surface area contributed by atoms with Crippen molar-refractivity contribution in [2.24, 2.45) is 11.3 Å². The highest BCUT2D eigenvalue weighted by Crippen LogP contribution is 2.43. The number of aliphatic carboxylic acids is 1. The first-order chi connectivity index (χ1) is 14.0. The van der Waals surface area contributed by atoms with Gasteiger partial charge < -0.3 is 25.0 Å². The number of carbonyl (C=O) groups excluding carboxylic acids is 2. The number of methoxy groups -OCH3 is 1. The number of anilines is 2. The molecule has 1 aromatic carbocycles. The fraction of sp³-hybridized carbons (Fsp3) is 0.591. The van der Waals surface area contributed by atoms with Gasteiger partial charge in [-0.15, -0.1) is 0 Å². The third kappa shape index (κ3) is 5.43. The standard InChI is InChI=1S/C22H33N3O5/c1-14(2)9-10-23-18(26)12-24-16-8-7-15(30-6)11-17(16)25(13-19(27)28)21(24)20(29)22(3,4)5/h7-8,11,14,21H,9-10,12-13H2,1-6H3,(H,23,26)(H,27,28). The molecule has 1 unspecified atom stereocenters. The number of nitrogens with zero attached hydrogens (tertiary/aromatic N) is 2. The van der Waals surface area contributed by atoms with E-state index in [0.717, 1.165) is 6.42 Å². The van der Waals surface area contributed by atoms with Crippen LogP contribution in [0.5, 0.6) is 5.75 Å². The molecule has 1 aromatic rings. The van der Waals surface area contributed by atoms with Gasteiger partial charge >= 0.3 is 5.97 Å². The van der Waals surface area contributed by atoms with Crippen molar-refractivity contribution in [1.82, 2.24) is 5.32 Å². The number of hydrogen-bond donors (Lipinski definition) is 2. The van der Waals surface area contributed by atoms with Crippen LogP contribution >= 0.6 is 0 Å². The van der Waals surface area contributed by atoms with Crippen molar-refractivity contribution in [1.29, 1.82) is 0 Å². The van der Waals surface area contributed by atoms with E-state index in [4.69, 9.17) is 4.74 Å². The second-order valence-electron chi connectivity index (χ2n) is 9.02. The molecule has 0 saturated carbocycles. The van der Waals surface area contributed by atoms with Crippen LogP contribution in [0.25, 0.3) is 0 Å². The molecule has 166 valence electrons. The molecule has 1 aliphatic heterocycles. The van der Waals surface area contributed by atoms with Crippen LogP contribution < -0.4 is 19.9 Å². The number of benzene rings is 1. The lowest BCUT2D eigenvalue weighted by Gasteiger charge is -2.34. The van der Waals surface area contributed by atoms with Crippen molar-refractivity contribution < 1.29 is 24.2 Å². The number of carboxylic acid groups (broad SMARTS) is 1. The number of fused-ring (bicyclic) bond motifs is 1. The van der Waals surface area contributed by atoms with Crippen LogP contribution in [-0.2, 0) is 14.4 Å². The predicted octanol–water partition coefficient (Wildman–Crippen LogP) is 2.51. The smallest absolute Gasteiger partial charge is 0.323 e. The molecule has 0 aliphatic carbocycles. The zero-order valence-electron chi connectivity index (χ0n) is 18.7. The normalized spacial score (nSPS) is 15.9. The lowest BCUT2D eigenvalue weighted by atomic mass is 9.88. The van der Waals surface area contributed by atoms with Crippen LogP contribution in [0.3, 0.4) is 0 Å². The van der Waals surface area contributed by atoms with E-state index >= 15 is 0 Å². The fourth-order valence-electron chi connectivity index (χ4n) is 3.41. The Morgan fingerprint density at radius 3 is 2.30 bits per heavy atom. The average molecular weight is 420 g/mol. The number of Topliss-reactive ketones (excluding diaryl/α,β-unsaturated/α-hetero) is 1. The summed E-state index contributed by atoms with van der Waals surface area (Å²) in [7, 11) is 1.52. The highest BCUT2D eigenvalue weighted by Gasteiger charge is 2.45. The first-order valence-corrected chi connectivity index (χ1v) is 10.2. The van der Waals surface area contributed by atoms with Crippen molar-refractivity contribution in [3.63, 3.8) is 0 Å². The second kappa shape index (κ2) is 9.36. The molecule has 0 spiro atoms. The van der Waals surface area contributed by atoms with E-state index in [2.05, 4.69) is 19.2 Å². The first-order valence-electron chi connectivity index (χ1n) is 10.2. The van der Waals surface area contributed by atoms with Crippen LogP contribution in [0.4, 0.5) is 11.4 Å². The minimum absolute atomic E-state index is 0.0416. The summed E-state index contributed by atoms with van der Waals surface area (Å²) in [5.74, 6) is -0.408. The van der Waals surface area contributed by atoms with Crippen LogP contribution in [0.2, 0.25) is 0 Å². The summed E-state index contributed by atoms with van der Waals surface area (Å²) >= 11 is 0. The molecule has 2 N–H and O–H groups in total. The van der Waals surface area contributed by atoms with Gasteiger partial charge in [0.05, 0.1) is 25.0 Å². The zero-order chi connectivity index (χ0) is 22.6. The number of ether oxygens (including phenoxy) is 1. The van der Waals surface area contributed by atoms with Gasteiger partial charge in [-0.3, -0.25) is 14.4 Å². The summed E-state index contributed by atoms with van der Waals surface area (Å²) in [6, 6.07) is 5.21. The Bertz CT molecular complexity index is 800. The third-order valence-electron chi connectivity index (χ3n) is 5.03. The summed E-state index contributed by atoms with van der Waals surface area (Å²) in [5.41, 5.74) is 0.480. The summed E-state index contributed by atoms with van der Waals surface area (Å²) in [4.78, 5) is 40.8. The molecule has 8 nitrogen and oxygen atoms in total. The van der Waals surface area contributed by atoms with E-state index in [-0.39, 0.29) is 24.8 Å². The van der Waals surface area contributed by atoms with E-state index in [0.29, 0.717) is 29.6 Å². The van der Waals surface area contributed by atoms with Gasteiger partial charge in [0.2, 0.25) is 5.91 Å². The van der Waals surface area contributed by atoms with E-state index in [9.17, 15) is 19.5 Å².